The minimum Gasteiger partial charge on any atom is -0.396 e. The first-order valence-electron chi connectivity index (χ1n) is 6.46. The number of thiophene rings is 1. The molecule has 3 N–H and O–H groups in total. The molecule has 20 heavy (non-hydrogen) atoms. The number of hydrogen-bond acceptors (Lipinski definition) is 6. The van der Waals surface area contributed by atoms with Gasteiger partial charge < -0.3 is 15.8 Å². The summed E-state index contributed by atoms with van der Waals surface area (Å²) in [4.78, 5) is 21.8. The number of rotatable bonds is 6. The van der Waals surface area contributed by atoms with Crippen LogP contribution in [0.15, 0.2) is 12.4 Å². The fraction of sp³-hybridized carbons (Fsp3) is 0.462. The summed E-state index contributed by atoms with van der Waals surface area (Å²) < 4.78 is 5.12. The van der Waals surface area contributed by atoms with Gasteiger partial charge in [0.25, 0.3) is 5.91 Å². The van der Waals surface area contributed by atoms with Gasteiger partial charge in [0.1, 0.15) is 15.2 Å². The molecule has 0 aliphatic carbocycles. The van der Waals surface area contributed by atoms with E-state index >= 15 is 0 Å². The zero-order valence-corrected chi connectivity index (χ0v) is 12.4. The number of nitrogen functional groups attached to an aromatic ring is 1. The van der Waals surface area contributed by atoms with Crippen LogP contribution in [0.1, 0.15) is 29.4 Å². The molecular formula is C13H18N4O2S. The van der Waals surface area contributed by atoms with Crippen molar-refractivity contribution in [1.82, 2.24) is 15.3 Å². The number of carbonyl (C=O) groups excluding carboxylic acids is 1. The van der Waals surface area contributed by atoms with Crippen LogP contribution in [-0.2, 0) is 4.74 Å². The summed E-state index contributed by atoms with van der Waals surface area (Å²) in [6.07, 6.45) is 4.99. The largest absolute Gasteiger partial charge is 0.396 e. The highest BCUT2D eigenvalue weighted by Crippen LogP contribution is 2.30. The molecule has 2 aromatic rings. The Kier molecular flexibility index (Phi) is 4.86. The van der Waals surface area contributed by atoms with E-state index in [4.69, 9.17) is 10.5 Å². The number of carbonyl (C=O) groups is 1. The van der Waals surface area contributed by atoms with Crippen LogP contribution in [0.2, 0.25) is 0 Å². The molecule has 0 spiro atoms. The van der Waals surface area contributed by atoms with Gasteiger partial charge in [0.05, 0.1) is 18.3 Å². The zero-order chi connectivity index (χ0) is 14.5. The predicted octanol–water partition coefficient (Wildman–Crippen LogP) is 1.82. The second kappa shape index (κ2) is 6.62. The average Bonchev–Trinajstić information content (AvgIpc) is 2.77. The fourth-order valence-electron chi connectivity index (χ4n) is 2.01. The summed E-state index contributed by atoms with van der Waals surface area (Å²) >= 11 is 1.26. The molecule has 0 saturated carbocycles. The van der Waals surface area contributed by atoms with Crippen LogP contribution in [0, 0.1) is 0 Å². The third kappa shape index (κ3) is 3.05. The molecule has 2 heterocycles. The quantitative estimate of drug-likeness (QED) is 0.848. The van der Waals surface area contributed by atoms with Gasteiger partial charge in [-0.1, -0.05) is 13.3 Å². The Morgan fingerprint density at radius 3 is 2.90 bits per heavy atom. The minimum atomic E-state index is -0.192. The third-order valence-electron chi connectivity index (χ3n) is 2.91. The number of nitrogens with two attached hydrogens (primary N) is 1. The molecule has 1 amide bonds. The van der Waals surface area contributed by atoms with Gasteiger partial charge in [-0.2, -0.15) is 0 Å². The normalized spacial score (nSPS) is 12.5. The second-order valence-corrected chi connectivity index (χ2v) is 5.47. The van der Waals surface area contributed by atoms with E-state index in [0.717, 1.165) is 12.8 Å². The van der Waals surface area contributed by atoms with Gasteiger partial charge >= 0.3 is 0 Å². The zero-order valence-electron chi connectivity index (χ0n) is 11.5. The molecule has 1 atom stereocenters. The lowest BCUT2D eigenvalue weighted by Gasteiger charge is -2.16. The van der Waals surface area contributed by atoms with E-state index in [-0.39, 0.29) is 11.9 Å². The Morgan fingerprint density at radius 1 is 1.50 bits per heavy atom. The maximum Gasteiger partial charge on any atom is 0.263 e. The topological polar surface area (TPSA) is 90.1 Å². The number of hydrogen-bond donors (Lipinski definition) is 2. The van der Waals surface area contributed by atoms with Crippen molar-refractivity contribution in [1.29, 1.82) is 0 Å². The first kappa shape index (κ1) is 14.7. The fourth-order valence-corrected chi connectivity index (χ4v) is 2.93. The van der Waals surface area contributed by atoms with Crippen molar-refractivity contribution in [2.75, 3.05) is 19.5 Å². The Morgan fingerprint density at radius 2 is 2.25 bits per heavy atom. The van der Waals surface area contributed by atoms with Gasteiger partial charge in [-0.3, -0.25) is 4.79 Å². The lowest BCUT2D eigenvalue weighted by Crippen LogP contribution is -2.37. The summed E-state index contributed by atoms with van der Waals surface area (Å²) in [5.41, 5.74) is 6.96. The van der Waals surface area contributed by atoms with Crippen molar-refractivity contribution in [2.45, 2.75) is 25.8 Å². The van der Waals surface area contributed by atoms with E-state index in [1.54, 1.807) is 19.5 Å². The van der Waals surface area contributed by atoms with Crippen molar-refractivity contribution in [2.24, 2.45) is 0 Å². The van der Waals surface area contributed by atoms with Gasteiger partial charge in [0, 0.05) is 19.5 Å². The van der Waals surface area contributed by atoms with E-state index in [2.05, 4.69) is 22.2 Å². The molecule has 0 fully saturated rings. The highest BCUT2D eigenvalue weighted by atomic mass is 32.1. The second-order valence-electron chi connectivity index (χ2n) is 4.47. The lowest BCUT2D eigenvalue weighted by atomic mass is 10.2. The molecule has 2 aromatic heterocycles. The van der Waals surface area contributed by atoms with E-state index in [1.807, 2.05) is 0 Å². The SMILES string of the molecule is CCCC(COC)NC(=O)c1sc2nccnc2c1N. The number of amides is 1. The molecule has 2 rings (SSSR count). The molecule has 0 aliphatic rings. The van der Waals surface area contributed by atoms with Crippen LogP contribution >= 0.6 is 11.3 Å². The summed E-state index contributed by atoms with van der Waals surface area (Å²) in [6, 6.07) is -0.0111. The maximum absolute atomic E-state index is 12.3. The van der Waals surface area contributed by atoms with E-state index in [9.17, 15) is 4.79 Å². The van der Waals surface area contributed by atoms with E-state index in [1.165, 1.54) is 11.3 Å². The molecule has 6 nitrogen and oxygen atoms in total. The van der Waals surface area contributed by atoms with Crippen LogP contribution in [-0.4, -0.2) is 35.6 Å². The van der Waals surface area contributed by atoms with Crippen molar-refractivity contribution in [3.8, 4) is 0 Å². The van der Waals surface area contributed by atoms with Crippen molar-refractivity contribution in [3.63, 3.8) is 0 Å². The standard InChI is InChI=1S/C13H18N4O2S/c1-3-4-8(7-19-2)17-12(18)11-9(14)10-13(20-11)16-6-5-15-10/h5-6,8H,3-4,7,14H2,1-2H3,(H,17,18). The van der Waals surface area contributed by atoms with Crippen molar-refractivity contribution in [3.05, 3.63) is 17.3 Å². The van der Waals surface area contributed by atoms with Gasteiger partial charge in [-0.25, -0.2) is 9.97 Å². The summed E-state index contributed by atoms with van der Waals surface area (Å²) in [5.74, 6) is -0.192. The highest BCUT2D eigenvalue weighted by molar-refractivity contribution is 7.21. The first-order valence-corrected chi connectivity index (χ1v) is 7.27. The number of nitrogens with one attached hydrogen (secondary N) is 1. The number of nitrogens with zero attached hydrogens (tertiary/aromatic N) is 2. The Labute approximate surface area is 121 Å². The molecule has 108 valence electrons. The Balaban J connectivity index is 2.20. The van der Waals surface area contributed by atoms with Crippen LogP contribution < -0.4 is 11.1 Å². The van der Waals surface area contributed by atoms with Crippen LogP contribution in [0.4, 0.5) is 5.69 Å². The molecule has 0 radical (unpaired) electrons. The molecule has 1 unspecified atom stereocenters. The predicted molar refractivity (Wildman–Crippen MR) is 79.9 cm³/mol. The molecule has 7 heteroatoms. The average molecular weight is 294 g/mol. The number of aromatic nitrogens is 2. The Hall–Kier alpha value is -1.73. The summed E-state index contributed by atoms with van der Waals surface area (Å²) in [5, 5.41) is 2.95. The van der Waals surface area contributed by atoms with Gasteiger partial charge in [-0.15, -0.1) is 11.3 Å². The number of anilines is 1. The lowest BCUT2D eigenvalue weighted by molar-refractivity contribution is 0.0896. The highest BCUT2D eigenvalue weighted by Gasteiger charge is 2.20. The molecule has 0 aromatic carbocycles. The number of ether oxygens (including phenoxy) is 1. The smallest absolute Gasteiger partial charge is 0.263 e. The summed E-state index contributed by atoms with van der Waals surface area (Å²) in [7, 11) is 1.62. The molecule has 0 bridgehead atoms. The van der Waals surface area contributed by atoms with E-state index in [0.29, 0.717) is 27.5 Å². The minimum absolute atomic E-state index is 0.0111. The van der Waals surface area contributed by atoms with E-state index < -0.39 is 0 Å². The number of methoxy groups -OCH3 is 1. The number of fused-ring (bicyclic) bond motifs is 1. The van der Waals surface area contributed by atoms with Crippen LogP contribution in [0.3, 0.4) is 0 Å². The summed E-state index contributed by atoms with van der Waals surface area (Å²) in [6.45, 7) is 2.55. The van der Waals surface area contributed by atoms with Crippen molar-refractivity contribution < 1.29 is 9.53 Å². The maximum atomic E-state index is 12.3. The van der Waals surface area contributed by atoms with Crippen LogP contribution in [0.25, 0.3) is 10.3 Å². The van der Waals surface area contributed by atoms with Gasteiger partial charge in [-0.05, 0) is 6.42 Å². The van der Waals surface area contributed by atoms with Gasteiger partial charge in [0.2, 0.25) is 0 Å². The monoisotopic (exact) mass is 294 g/mol. The Bertz CT molecular complexity index is 593. The van der Waals surface area contributed by atoms with Crippen molar-refractivity contribution >= 4 is 33.3 Å². The van der Waals surface area contributed by atoms with Crippen LogP contribution in [0.5, 0.6) is 0 Å². The first-order chi connectivity index (χ1) is 9.67. The molecular weight excluding hydrogens is 276 g/mol. The molecule has 0 saturated heterocycles. The molecule has 0 aliphatic heterocycles. The third-order valence-corrected chi connectivity index (χ3v) is 4.01. The van der Waals surface area contributed by atoms with Gasteiger partial charge in [0.15, 0.2) is 0 Å².